The van der Waals surface area contributed by atoms with Crippen LogP contribution in [0.5, 0.6) is 0 Å². The molecule has 1 spiro atoms. The fraction of sp³-hybridized carbons (Fsp3) is 0.562. The molecule has 3 aliphatic heterocycles. The van der Waals surface area contributed by atoms with E-state index in [0.29, 0.717) is 30.2 Å². The normalized spacial score (nSPS) is 31.5. The third-order valence-corrected chi connectivity index (χ3v) is 5.34. The molecule has 1 aromatic carbocycles. The molecule has 0 saturated carbocycles. The van der Waals surface area contributed by atoms with Gasteiger partial charge in [-0.25, -0.2) is 4.39 Å². The minimum Gasteiger partial charge on any atom is -0.354 e. The first-order chi connectivity index (χ1) is 10.6. The molecule has 0 radical (unpaired) electrons. The zero-order valence-electron chi connectivity index (χ0n) is 12.2. The predicted octanol–water partition coefficient (Wildman–Crippen LogP) is 2.40. The van der Waals surface area contributed by atoms with Crippen molar-refractivity contribution in [2.45, 2.75) is 37.6 Å². The highest BCUT2D eigenvalue weighted by atomic mass is 35.5. The zero-order valence-corrected chi connectivity index (χ0v) is 13.0. The molecular formula is C16H18ClFN2O2. The van der Waals surface area contributed by atoms with Gasteiger partial charge in [0.05, 0.1) is 12.6 Å². The molecule has 6 heteroatoms. The Hall–Kier alpha value is -1.17. The fourth-order valence-electron chi connectivity index (χ4n) is 4.11. The average molecular weight is 325 g/mol. The van der Waals surface area contributed by atoms with Crippen molar-refractivity contribution in [3.8, 4) is 0 Å². The lowest BCUT2D eigenvalue weighted by Gasteiger charge is -2.42. The van der Waals surface area contributed by atoms with Gasteiger partial charge in [0, 0.05) is 43.1 Å². The smallest absolute Gasteiger partial charge is 0.226 e. The summed E-state index contributed by atoms with van der Waals surface area (Å²) in [6.07, 6.45) is 2.15. The number of carbonyl (C=O) groups is 1. The van der Waals surface area contributed by atoms with Gasteiger partial charge in [0.25, 0.3) is 0 Å². The van der Waals surface area contributed by atoms with Gasteiger partial charge in [-0.15, -0.1) is 0 Å². The van der Waals surface area contributed by atoms with E-state index in [9.17, 15) is 9.18 Å². The van der Waals surface area contributed by atoms with Crippen LogP contribution in [0.2, 0.25) is 5.02 Å². The van der Waals surface area contributed by atoms with E-state index < -0.39 is 5.72 Å². The van der Waals surface area contributed by atoms with Gasteiger partial charge >= 0.3 is 0 Å². The Morgan fingerprint density at radius 2 is 2.27 bits per heavy atom. The largest absolute Gasteiger partial charge is 0.354 e. The maximum absolute atomic E-state index is 14.0. The van der Waals surface area contributed by atoms with E-state index in [0.717, 1.165) is 25.9 Å². The summed E-state index contributed by atoms with van der Waals surface area (Å²) in [6.45, 7) is 2.73. The summed E-state index contributed by atoms with van der Waals surface area (Å²) in [5.74, 6) is -0.0999. The zero-order chi connectivity index (χ0) is 15.3. The van der Waals surface area contributed by atoms with Crippen molar-refractivity contribution in [3.63, 3.8) is 0 Å². The molecule has 0 bridgehead atoms. The summed E-state index contributed by atoms with van der Waals surface area (Å²) in [5.41, 5.74) is 0.0935. The van der Waals surface area contributed by atoms with E-state index in [1.807, 2.05) is 4.90 Å². The second-order valence-electron chi connectivity index (χ2n) is 6.27. The van der Waals surface area contributed by atoms with Gasteiger partial charge in [0.1, 0.15) is 5.82 Å². The van der Waals surface area contributed by atoms with Gasteiger partial charge < -0.3 is 9.64 Å². The van der Waals surface area contributed by atoms with Crippen molar-refractivity contribution in [2.75, 3.05) is 19.7 Å². The molecule has 0 aromatic heterocycles. The number of carbonyl (C=O) groups excluding carboxylic acids is 1. The van der Waals surface area contributed by atoms with Crippen LogP contribution in [0.3, 0.4) is 0 Å². The molecule has 1 amide bonds. The minimum atomic E-state index is -0.482. The number of likely N-dealkylation sites (tertiary alicyclic amines) is 1. The standard InChI is InChI=1S/C16H18ClFN2O2/c17-12-2-3-13(18)11(8-12)10-19-6-4-16-14(19)9-15(21)20(16)5-1-7-22-16/h2-3,8,14H,1,4-7,9-10H2/t14-,16+/m1/s1. The van der Waals surface area contributed by atoms with Crippen LogP contribution in [0, 0.1) is 5.82 Å². The maximum atomic E-state index is 14.0. The third-order valence-electron chi connectivity index (χ3n) is 5.10. The molecule has 0 aliphatic carbocycles. The lowest BCUT2D eigenvalue weighted by molar-refractivity contribution is -0.180. The molecule has 0 N–H and O–H groups in total. The Balaban J connectivity index is 1.60. The highest BCUT2D eigenvalue weighted by molar-refractivity contribution is 6.30. The van der Waals surface area contributed by atoms with Gasteiger partial charge in [-0.05, 0) is 24.6 Å². The molecule has 1 aromatic rings. The van der Waals surface area contributed by atoms with E-state index in [4.69, 9.17) is 16.3 Å². The quantitative estimate of drug-likeness (QED) is 0.837. The van der Waals surface area contributed by atoms with Crippen LogP contribution >= 0.6 is 11.6 Å². The van der Waals surface area contributed by atoms with Crippen LogP contribution in [0.15, 0.2) is 18.2 Å². The molecule has 3 heterocycles. The van der Waals surface area contributed by atoms with Gasteiger partial charge in [0.2, 0.25) is 5.91 Å². The highest BCUT2D eigenvalue weighted by Crippen LogP contribution is 2.45. The van der Waals surface area contributed by atoms with Crippen molar-refractivity contribution in [2.24, 2.45) is 0 Å². The number of ether oxygens (including phenoxy) is 1. The van der Waals surface area contributed by atoms with Crippen molar-refractivity contribution in [1.29, 1.82) is 0 Å². The molecule has 2 atom stereocenters. The van der Waals surface area contributed by atoms with E-state index in [2.05, 4.69) is 4.90 Å². The summed E-state index contributed by atoms with van der Waals surface area (Å²) in [4.78, 5) is 16.3. The topological polar surface area (TPSA) is 32.8 Å². The van der Waals surface area contributed by atoms with Crippen molar-refractivity contribution in [1.82, 2.24) is 9.80 Å². The molecule has 4 rings (SSSR count). The van der Waals surface area contributed by atoms with Crippen LogP contribution < -0.4 is 0 Å². The fourth-order valence-corrected chi connectivity index (χ4v) is 4.30. The summed E-state index contributed by atoms with van der Waals surface area (Å²) in [6, 6.07) is 4.63. The van der Waals surface area contributed by atoms with Crippen molar-refractivity contribution >= 4 is 17.5 Å². The van der Waals surface area contributed by atoms with Gasteiger partial charge in [0.15, 0.2) is 5.72 Å². The second kappa shape index (κ2) is 5.18. The summed E-state index contributed by atoms with van der Waals surface area (Å²) in [5, 5.41) is 0.531. The number of halogens is 2. The van der Waals surface area contributed by atoms with Crippen LogP contribution in [0.4, 0.5) is 4.39 Å². The maximum Gasteiger partial charge on any atom is 0.226 e. The molecule has 3 fully saturated rings. The highest BCUT2D eigenvalue weighted by Gasteiger charge is 2.60. The molecule has 3 aliphatic rings. The lowest BCUT2D eigenvalue weighted by Crippen LogP contribution is -2.56. The average Bonchev–Trinajstić information content (AvgIpc) is 2.97. The van der Waals surface area contributed by atoms with E-state index in [1.165, 1.54) is 6.07 Å². The Morgan fingerprint density at radius 3 is 3.14 bits per heavy atom. The number of hydrogen-bond acceptors (Lipinski definition) is 3. The summed E-state index contributed by atoms with van der Waals surface area (Å²) in [7, 11) is 0. The Kier molecular flexibility index (Phi) is 3.40. The molecular weight excluding hydrogens is 307 g/mol. The van der Waals surface area contributed by atoms with Gasteiger partial charge in [-0.3, -0.25) is 9.69 Å². The Labute approximate surface area is 133 Å². The lowest BCUT2D eigenvalue weighted by atomic mass is 10.0. The molecule has 3 saturated heterocycles. The van der Waals surface area contributed by atoms with Crippen LogP contribution in [0.25, 0.3) is 0 Å². The van der Waals surface area contributed by atoms with Crippen molar-refractivity contribution in [3.05, 3.63) is 34.6 Å². The van der Waals surface area contributed by atoms with E-state index in [-0.39, 0.29) is 17.8 Å². The number of benzene rings is 1. The monoisotopic (exact) mass is 324 g/mol. The van der Waals surface area contributed by atoms with E-state index >= 15 is 0 Å². The first-order valence-electron chi connectivity index (χ1n) is 7.72. The molecule has 22 heavy (non-hydrogen) atoms. The first-order valence-corrected chi connectivity index (χ1v) is 8.10. The van der Waals surface area contributed by atoms with Gasteiger partial charge in [-0.1, -0.05) is 11.6 Å². The van der Waals surface area contributed by atoms with Crippen LogP contribution in [-0.2, 0) is 16.1 Å². The van der Waals surface area contributed by atoms with Crippen molar-refractivity contribution < 1.29 is 13.9 Å². The number of hydrogen-bond donors (Lipinski definition) is 0. The predicted molar refractivity (Wildman–Crippen MR) is 79.9 cm³/mol. The first kappa shape index (κ1) is 14.4. The number of amides is 1. The Bertz CT molecular complexity index is 626. The minimum absolute atomic E-state index is 0.0127. The molecule has 118 valence electrons. The molecule has 4 nitrogen and oxygen atoms in total. The third kappa shape index (κ3) is 2.07. The second-order valence-corrected chi connectivity index (χ2v) is 6.70. The van der Waals surface area contributed by atoms with E-state index in [1.54, 1.807) is 12.1 Å². The van der Waals surface area contributed by atoms with Gasteiger partial charge in [-0.2, -0.15) is 0 Å². The van der Waals surface area contributed by atoms with Crippen LogP contribution in [0.1, 0.15) is 24.8 Å². The molecule has 0 unspecified atom stereocenters. The number of nitrogens with zero attached hydrogens (tertiary/aromatic N) is 2. The van der Waals surface area contributed by atoms with Crippen LogP contribution in [-0.4, -0.2) is 47.2 Å². The number of rotatable bonds is 2. The SMILES string of the molecule is O=C1C[C@H]2N(Cc3cc(Cl)ccc3F)CC[C@]23OCCCN13. The summed E-state index contributed by atoms with van der Waals surface area (Å²) < 4.78 is 20.0. The Morgan fingerprint density at radius 1 is 1.41 bits per heavy atom. The summed E-state index contributed by atoms with van der Waals surface area (Å²) >= 11 is 5.97.